The van der Waals surface area contributed by atoms with E-state index >= 15 is 0 Å². The summed E-state index contributed by atoms with van der Waals surface area (Å²) in [7, 11) is 0. The van der Waals surface area contributed by atoms with Crippen molar-refractivity contribution in [2.75, 3.05) is 18.5 Å². The van der Waals surface area contributed by atoms with Crippen LogP contribution in [-0.2, 0) is 11.3 Å². The Hall–Kier alpha value is -3.61. The topological polar surface area (TPSA) is 132 Å². The van der Waals surface area contributed by atoms with Gasteiger partial charge in [0.15, 0.2) is 17.4 Å². The number of rotatable bonds is 6. The van der Waals surface area contributed by atoms with Crippen LogP contribution in [0.2, 0.25) is 0 Å². The predicted octanol–water partition coefficient (Wildman–Crippen LogP) is 1.87. The molecule has 1 saturated heterocycles. The van der Waals surface area contributed by atoms with Gasteiger partial charge in [0.25, 0.3) is 0 Å². The molecular weight excluding hydrogens is 358 g/mol. The van der Waals surface area contributed by atoms with E-state index in [4.69, 9.17) is 15.2 Å². The lowest BCUT2D eigenvalue weighted by atomic mass is 10.1. The molecule has 9 heteroatoms. The van der Waals surface area contributed by atoms with Gasteiger partial charge in [-0.1, -0.05) is 0 Å². The van der Waals surface area contributed by atoms with Gasteiger partial charge in [0.05, 0.1) is 42.6 Å². The molecule has 0 radical (unpaired) electrons. The molecule has 0 unspecified atom stereocenters. The zero-order valence-electron chi connectivity index (χ0n) is 14.9. The first kappa shape index (κ1) is 17.8. The Morgan fingerprint density at radius 2 is 2.04 bits per heavy atom. The summed E-state index contributed by atoms with van der Waals surface area (Å²) < 4.78 is 11.2. The molecule has 9 nitrogen and oxygen atoms in total. The van der Waals surface area contributed by atoms with Crippen LogP contribution in [0, 0.1) is 11.3 Å². The molecule has 1 fully saturated rings. The molecule has 3 aromatic rings. The Kier molecular flexibility index (Phi) is 5.05. The van der Waals surface area contributed by atoms with Gasteiger partial charge in [-0.05, 0) is 18.2 Å². The molecule has 0 bridgehead atoms. The van der Waals surface area contributed by atoms with Gasteiger partial charge in [0, 0.05) is 30.6 Å². The molecule has 0 spiro atoms. The summed E-state index contributed by atoms with van der Waals surface area (Å²) in [6, 6.07) is 9.16. The van der Waals surface area contributed by atoms with E-state index in [2.05, 4.69) is 31.6 Å². The van der Waals surface area contributed by atoms with Crippen LogP contribution in [0.15, 0.2) is 42.9 Å². The zero-order chi connectivity index (χ0) is 19.3. The lowest BCUT2D eigenvalue weighted by Gasteiger charge is -2.27. The van der Waals surface area contributed by atoms with Gasteiger partial charge in [0.2, 0.25) is 0 Å². The molecule has 3 heterocycles. The van der Waals surface area contributed by atoms with Crippen molar-refractivity contribution in [2.45, 2.75) is 12.6 Å². The first-order valence-corrected chi connectivity index (χ1v) is 8.65. The van der Waals surface area contributed by atoms with Crippen molar-refractivity contribution >= 4 is 5.82 Å². The number of nitrogens with one attached hydrogen (secondary N) is 1. The average Bonchev–Trinajstić information content (AvgIpc) is 2.71. The van der Waals surface area contributed by atoms with E-state index in [1.165, 1.54) is 6.20 Å². The number of benzene rings is 1. The molecule has 3 N–H and O–H groups in total. The number of nitrogens with two attached hydrogens (primary N) is 1. The highest BCUT2D eigenvalue weighted by Crippen LogP contribution is 2.32. The van der Waals surface area contributed by atoms with E-state index in [-0.39, 0.29) is 6.04 Å². The van der Waals surface area contributed by atoms with Crippen molar-refractivity contribution in [3.8, 4) is 29.0 Å². The van der Waals surface area contributed by atoms with Crippen LogP contribution in [-0.4, -0.2) is 39.4 Å². The maximum absolute atomic E-state index is 9.24. The molecule has 0 saturated carbocycles. The average molecular weight is 375 g/mol. The van der Waals surface area contributed by atoms with Crippen molar-refractivity contribution in [3.05, 3.63) is 54.0 Å². The molecule has 2 aromatic heterocycles. The minimum atomic E-state index is 0.219. The van der Waals surface area contributed by atoms with Crippen molar-refractivity contribution in [1.29, 1.82) is 5.26 Å². The normalized spacial score (nSPS) is 13.4. The summed E-state index contributed by atoms with van der Waals surface area (Å²) in [5.74, 6) is 1.99. The zero-order valence-corrected chi connectivity index (χ0v) is 14.9. The van der Waals surface area contributed by atoms with Crippen molar-refractivity contribution < 1.29 is 9.47 Å². The van der Waals surface area contributed by atoms with Crippen LogP contribution >= 0.6 is 0 Å². The van der Waals surface area contributed by atoms with Crippen molar-refractivity contribution in [2.24, 2.45) is 5.73 Å². The SMILES string of the molecule is N#Cc1ccc(-c2ncc(CN)cn2)c(Oc2cnnc(NC3COC3)c2)c1. The van der Waals surface area contributed by atoms with Gasteiger partial charge in [0.1, 0.15) is 5.75 Å². The van der Waals surface area contributed by atoms with Crippen LogP contribution in [0.1, 0.15) is 11.1 Å². The fourth-order valence-electron chi connectivity index (χ4n) is 2.59. The Balaban J connectivity index is 1.64. The van der Waals surface area contributed by atoms with Crippen molar-refractivity contribution in [1.82, 2.24) is 20.2 Å². The van der Waals surface area contributed by atoms with E-state index < -0.39 is 0 Å². The smallest absolute Gasteiger partial charge is 0.162 e. The number of aromatic nitrogens is 4. The number of hydrogen-bond acceptors (Lipinski definition) is 9. The minimum absolute atomic E-state index is 0.219. The fourth-order valence-corrected chi connectivity index (χ4v) is 2.59. The maximum Gasteiger partial charge on any atom is 0.162 e. The quantitative estimate of drug-likeness (QED) is 0.662. The summed E-state index contributed by atoms with van der Waals surface area (Å²) in [5.41, 5.74) is 7.55. The van der Waals surface area contributed by atoms with Crippen LogP contribution in [0.25, 0.3) is 11.4 Å². The second kappa shape index (κ2) is 7.96. The largest absolute Gasteiger partial charge is 0.455 e. The van der Waals surface area contributed by atoms with Crippen LogP contribution in [0.5, 0.6) is 11.5 Å². The first-order chi connectivity index (χ1) is 13.7. The highest BCUT2D eigenvalue weighted by molar-refractivity contribution is 5.66. The fraction of sp³-hybridized carbons (Fsp3) is 0.211. The summed E-state index contributed by atoms with van der Waals surface area (Å²) in [4.78, 5) is 8.69. The highest BCUT2D eigenvalue weighted by atomic mass is 16.5. The Labute approximate surface area is 161 Å². The standard InChI is InChI=1S/C19H17N7O2/c20-5-12-1-2-16(19-22-7-13(6-21)8-23-19)17(3-12)28-15-4-18(26-24-9-15)25-14-10-27-11-14/h1-4,7-9,14H,6,10-11,21H2,(H,25,26). The third-order valence-corrected chi connectivity index (χ3v) is 4.14. The van der Waals surface area contributed by atoms with Gasteiger partial charge in [-0.15, -0.1) is 5.10 Å². The Morgan fingerprint density at radius 1 is 1.21 bits per heavy atom. The molecule has 4 rings (SSSR count). The molecular formula is C19H17N7O2. The van der Waals surface area contributed by atoms with Gasteiger partial charge >= 0.3 is 0 Å². The highest BCUT2D eigenvalue weighted by Gasteiger charge is 2.19. The Morgan fingerprint density at radius 3 is 2.71 bits per heavy atom. The molecule has 1 aromatic carbocycles. The van der Waals surface area contributed by atoms with Crippen LogP contribution in [0.3, 0.4) is 0 Å². The summed E-state index contributed by atoms with van der Waals surface area (Å²) >= 11 is 0. The van der Waals surface area contributed by atoms with Gasteiger partial charge in [-0.3, -0.25) is 0 Å². The number of nitrogens with zero attached hydrogens (tertiary/aromatic N) is 5. The lowest BCUT2D eigenvalue weighted by molar-refractivity contribution is 0.0209. The second-order valence-electron chi connectivity index (χ2n) is 6.20. The molecule has 0 aliphatic carbocycles. The van der Waals surface area contributed by atoms with E-state index in [0.717, 1.165) is 5.56 Å². The number of anilines is 1. The summed E-state index contributed by atoms with van der Waals surface area (Å²) in [6.45, 7) is 1.63. The molecule has 140 valence electrons. The van der Waals surface area contributed by atoms with Crippen LogP contribution in [0.4, 0.5) is 5.82 Å². The third-order valence-electron chi connectivity index (χ3n) is 4.14. The predicted molar refractivity (Wildman–Crippen MR) is 100 cm³/mol. The summed E-state index contributed by atoms with van der Waals surface area (Å²) in [6.07, 6.45) is 4.84. The Bertz CT molecular complexity index is 1010. The van der Waals surface area contributed by atoms with E-state index in [1.54, 1.807) is 36.7 Å². The van der Waals surface area contributed by atoms with E-state index in [1.807, 2.05) is 0 Å². The minimum Gasteiger partial charge on any atom is -0.455 e. The molecule has 0 atom stereocenters. The van der Waals surface area contributed by atoms with Gasteiger partial charge in [-0.2, -0.15) is 10.4 Å². The van der Waals surface area contributed by atoms with E-state index in [0.29, 0.717) is 54.0 Å². The number of ether oxygens (including phenoxy) is 2. The van der Waals surface area contributed by atoms with Gasteiger partial charge in [-0.25, -0.2) is 9.97 Å². The third kappa shape index (κ3) is 3.88. The molecule has 1 aliphatic rings. The van der Waals surface area contributed by atoms with E-state index in [9.17, 15) is 5.26 Å². The first-order valence-electron chi connectivity index (χ1n) is 8.65. The maximum atomic E-state index is 9.24. The van der Waals surface area contributed by atoms with Crippen molar-refractivity contribution in [3.63, 3.8) is 0 Å². The molecule has 28 heavy (non-hydrogen) atoms. The second-order valence-corrected chi connectivity index (χ2v) is 6.20. The number of nitriles is 1. The molecule has 1 aliphatic heterocycles. The number of hydrogen-bond donors (Lipinski definition) is 2. The lowest BCUT2D eigenvalue weighted by Crippen LogP contribution is -2.40. The monoisotopic (exact) mass is 375 g/mol. The molecule has 0 amide bonds. The van der Waals surface area contributed by atoms with Gasteiger partial charge < -0.3 is 20.5 Å². The summed E-state index contributed by atoms with van der Waals surface area (Å²) in [5, 5.41) is 20.5. The van der Waals surface area contributed by atoms with Crippen LogP contribution < -0.4 is 15.8 Å².